The van der Waals surface area contributed by atoms with Crippen molar-refractivity contribution in [2.45, 2.75) is 16.9 Å². The molecule has 13 heteroatoms. The standard InChI is InChI=1S/C12H12Cl4N4O4S/c1-2-24-11(21)19-9(12(14,15)16)18-10(25)17-8-4-3-6(20(22)23)5-7(8)13/h3-5,9H,2H2,1H3,(H,19,21)(H2,17,18,25)/t9-/m0/s1. The number of halogens is 4. The number of hydrogen-bond donors (Lipinski definition) is 3. The Balaban J connectivity index is 2.81. The molecule has 0 radical (unpaired) electrons. The molecular formula is C12H12Cl4N4O4S. The Morgan fingerprint density at radius 3 is 2.52 bits per heavy atom. The van der Waals surface area contributed by atoms with E-state index in [2.05, 4.69) is 16.0 Å². The Labute approximate surface area is 168 Å². The average molecular weight is 450 g/mol. The van der Waals surface area contributed by atoms with E-state index in [9.17, 15) is 14.9 Å². The molecule has 0 aliphatic heterocycles. The number of amides is 1. The molecule has 1 atom stereocenters. The Morgan fingerprint density at radius 2 is 2.04 bits per heavy atom. The van der Waals surface area contributed by atoms with Crippen molar-refractivity contribution in [2.75, 3.05) is 11.9 Å². The van der Waals surface area contributed by atoms with E-state index < -0.39 is 21.0 Å². The average Bonchev–Trinajstić information content (AvgIpc) is 2.47. The summed E-state index contributed by atoms with van der Waals surface area (Å²) in [5.74, 6) is 0. The van der Waals surface area contributed by atoms with Gasteiger partial charge in [0.15, 0.2) is 11.3 Å². The highest BCUT2D eigenvalue weighted by molar-refractivity contribution is 7.80. The fraction of sp³-hybridized carbons (Fsp3) is 0.333. The van der Waals surface area contributed by atoms with E-state index in [1.165, 1.54) is 12.1 Å². The summed E-state index contributed by atoms with van der Waals surface area (Å²) in [5.41, 5.74) is 0.0987. The molecule has 0 aliphatic rings. The van der Waals surface area contributed by atoms with Crippen LogP contribution in [0.1, 0.15) is 6.92 Å². The van der Waals surface area contributed by atoms with Gasteiger partial charge in [0.1, 0.15) is 0 Å². The first-order valence-electron chi connectivity index (χ1n) is 6.56. The third-order valence-electron chi connectivity index (χ3n) is 2.55. The minimum absolute atomic E-state index is 0.0520. The maximum atomic E-state index is 11.5. The van der Waals surface area contributed by atoms with Gasteiger partial charge in [-0.15, -0.1) is 0 Å². The van der Waals surface area contributed by atoms with E-state index >= 15 is 0 Å². The van der Waals surface area contributed by atoms with Crippen molar-refractivity contribution in [3.05, 3.63) is 33.3 Å². The lowest BCUT2D eigenvalue weighted by Crippen LogP contribution is -2.56. The molecule has 0 spiro atoms. The van der Waals surface area contributed by atoms with Gasteiger partial charge in [0.25, 0.3) is 5.69 Å². The minimum Gasteiger partial charge on any atom is -0.450 e. The van der Waals surface area contributed by atoms with Crippen LogP contribution in [0.25, 0.3) is 0 Å². The number of ether oxygens (including phenoxy) is 1. The molecule has 1 rings (SSSR count). The molecular weight excluding hydrogens is 438 g/mol. The Morgan fingerprint density at radius 1 is 1.40 bits per heavy atom. The van der Waals surface area contributed by atoms with E-state index in [0.29, 0.717) is 0 Å². The summed E-state index contributed by atoms with van der Waals surface area (Å²) >= 11 is 28.4. The topological polar surface area (TPSA) is 106 Å². The second-order valence-corrected chi connectivity index (χ2v) is 7.54. The quantitative estimate of drug-likeness (QED) is 0.205. The molecule has 0 unspecified atom stereocenters. The SMILES string of the molecule is CCOC(=O)N[C@H](NC(=S)Nc1ccc([N+](=O)[O-])cc1Cl)C(Cl)(Cl)Cl. The normalized spacial score (nSPS) is 12.0. The fourth-order valence-electron chi connectivity index (χ4n) is 1.50. The van der Waals surface area contributed by atoms with Crippen molar-refractivity contribution in [2.24, 2.45) is 0 Å². The largest absolute Gasteiger partial charge is 0.450 e. The second-order valence-electron chi connectivity index (χ2n) is 4.36. The van der Waals surface area contributed by atoms with Crippen molar-refractivity contribution in [1.82, 2.24) is 10.6 Å². The van der Waals surface area contributed by atoms with Gasteiger partial charge in [-0.05, 0) is 25.2 Å². The van der Waals surface area contributed by atoms with E-state index in [4.69, 9.17) is 63.4 Å². The van der Waals surface area contributed by atoms with Crippen LogP contribution >= 0.6 is 58.6 Å². The molecule has 25 heavy (non-hydrogen) atoms. The number of thiocarbonyl (C=S) groups is 1. The van der Waals surface area contributed by atoms with Crippen LogP contribution in [0.3, 0.4) is 0 Å². The first-order valence-corrected chi connectivity index (χ1v) is 8.48. The molecule has 0 fully saturated rings. The predicted octanol–water partition coefficient (Wildman–Crippen LogP) is 3.98. The Hall–Kier alpha value is -1.26. The van der Waals surface area contributed by atoms with Crippen LogP contribution in [-0.4, -0.2) is 32.7 Å². The first-order chi connectivity index (χ1) is 11.5. The number of nitrogens with zero attached hydrogens (tertiary/aromatic N) is 1. The zero-order valence-corrected chi connectivity index (χ0v) is 16.4. The van der Waals surface area contributed by atoms with Gasteiger partial charge >= 0.3 is 6.09 Å². The molecule has 0 bridgehead atoms. The van der Waals surface area contributed by atoms with Gasteiger partial charge in [0.2, 0.25) is 3.79 Å². The minimum atomic E-state index is -1.95. The third-order valence-corrected chi connectivity index (χ3v) is 3.74. The molecule has 1 aromatic carbocycles. The number of nitro groups is 1. The molecule has 0 aromatic heterocycles. The lowest BCUT2D eigenvalue weighted by molar-refractivity contribution is -0.384. The van der Waals surface area contributed by atoms with Gasteiger partial charge in [-0.3, -0.25) is 15.4 Å². The van der Waals surface area contributed by atoms with Crippen LogP contribution in [-0.2, 0) is 4.74 Å². The van der Waals surface area contributed by atoms with Crippen LogP contribution in [0.2, 0.25) is 5.02 Å². The summed E-state index contributed by atoms with van der Waals surface area (Å²) in [5, 5.41) is 18.3. The number of alkyl carbamates (subject to hydrolysis) is 1. The molecule has 1 amide bonds. The summed E-state index contributed by atoms with van der Waals surface area (Å²) in [6.07, 6.45) is -2.03. The number of rotatable bonds is 5. The molecule has 0 aliphatic carbocycles. The molecule has 0 saturated heterocycles. The van der Waals surface area contributed by atoms with Crippen molar-refractivity contribution >= 4 is 81.2 Å². The Kier molecular flexibility index (Phi) is 8.23. The number of benzene rings is 1. The van der Waals surface area contributed by atoms with Gasteiger partial charge in [0, 0.05) is 12.1 Å². The lowest BCUT2D eigenvalue weighted by Gasteiger charge is -2.27. The van der Waals surface area contributed by atoms with Crippen LogP contribution < -0.4 is 16.0 Å². The third kappa shape index (κ3) is 7.25. The van der Waals surface area contributed by atoms with Crippen LogP contribution in [0.4, 0.5) is 16.2 Å². The van der Waals surface area contributed by atoms with Crippen LogP contribution in [0, 0.1) is 10.1 Å². The maximum absolute atomic E-state index is 11.5. The van der Waals surface area contributed by atoms with Gasteiger partial charge in [-0.1, -0.05) is 46.4 Å². The molecule has 0 heterocycles. The van der Waals surface area contributed by atoms with Gasteiger partial charge in [0.05, 0.1) is 22.2 Å². The van der Waals surface area contributed by atoms with E-state index in [-0.39, 0.29) is 28.1 Å². The molecule has 8 nitrogen and oxygen atoms in total. The van der Waals surface area contributed by atoms with Crippen LogP contribution in [0.15, 0.2) is 18.2 Å². The number of nitrogens with one attached hydrogen (secondary N) is 3. The van der Waals surface area contributed by atoms with E-state index in [0.717, 1.165) is 6.07 Å². The highest BCUT2D eigenvalue weighted by Gasteiger charge is 2.35. The van der Waals surface area contributed by atoms with Gasteiger partial charge < -0.3 is 15.4 Å². The van der Waals surface area contributed by atoms with Crippen molar-refractivity contribution in [1.29, 1.82) is 0 Å². The molecule has 1 aromatic rings. The number of alkyl halides is 3. The van der Waals surface area contributed by atoms with E-state index in [1.54, 1.807) is 6.92 Å². The second kappa shape index (κ2) is 9.44. The van der Waals surface area contributed by atoms with Gasteiger partial charge in [-0.25, -0.2) is 4.79 Å². The predicted molar refractivity (Wildman–Crippen MR) is 102 cm³/mol. The fourth-order valence-corrected chi connectivity index (χ4v) is 2.28. The molecule has 3 N–H and O–H groups in total. The first kappa shape index (κ1) is 21.8. The smallest absolute Gasteiger partial charge is 0.408 e. The highest BCUT2D eigenvalue weighted by atomic mass is 35.6. The number of carbonyl (C=O) groups is 1. The lowest BCUT2D eigenvalue weighted by atomic mass is 10.3. The van der Waals surface area contributed by atoms with Crippen molar-refractivity contribution < 1.29 is 14.5 Å². The summed E-state index contributed by atoms with van der Waals surface area (Å²) in [6.45, 7) is 1.74. The number of non-ortho nitro benzene ring substituents is 1. The molecule has 0 saturated carbocycles. The maximum Gasteiger partial charge on any atom is 0.408 e. The summed E-state index contributed by atoms with van der Waals surface area (Å²) in [7, 11) is 0. The van der Waals surface area contributed by atoms with Gasteiger partial charge in [-0.2, -0.15) is 0 Å². The van der Waals surface area contributed by atoms with E-state index in [1.807, 2.05) is 0 Å². The number of carbonyl (C=O) groups excluding carboxylic acids is 1. The zero-order chi connectivity index (χ0) is 19.2. The molecule has 138 valence electrons. The van der Waals surface area contributed by atoms with Crippen LogP contribution in [0.5, 0.6) is 0 Å². The number of hydrogen-bond acceptors (Lipinski definition) is 5. The summed E-state index contributed by atoms with van der Waals surface area (Å²) in [4.78, 5) is 21.6. The summed E-state index contributed by atoms with van der Waals surface area (Å²) in [6, 6.07) is 3.74. The monoisotopic (exact) mass is 448 g/mol. The van der Waals surface area contributed by atoms with Crippen molar-refractivity contribution in [3.63, 3.8) is 0 Å². The Bertz CT molecular complexity index is 671. The number of anilines is 1. The highest BCUT2D eigenvalue weighted by Crippen LogP contribution is 2.30. The number of nitro benzene ring substituents is 1. The zero-order valence-electron chi connectivity index (χ0n) is 12.5. The van der Waals surface area contributed by atoms with Crippen molar-refractivity contribution in [3.8, 4) is 0 Å². The summed E-state index contributed by atoms with van der Waals surface area (Å²) < 4.78 is 2.76.